The van der Waals surface area contributed by atoms with Gasteiger partial charge in [-0.3, -0.25) is 14.5 Å². The van der Waals surface area contributed by atoms with E-state index in [0.717, 1.165) is 5.39 Å². The van der Waals surface area contributed by atoms with Gasteiger partial charge in [0, 0.05) is 37.0 Å². The van der Waals surface area contributed by atoms with Gasteiger partial charge in [-0.2, -0.15) is 0 Å². The number of hydrogen-bond acceptors (Lipinski definition) is 6. The molecule has 10 heteroatoms. The predicted octanol–water partition coefficient (Wildman–Crippen LogP) is 2.26. The number of halogens is 1. The Bertz CT molecular complexity index is 1420. The Balaban J connectivity index is 1.09. The Morgan fingerprint density at radius 2 is 1.91 bits per heavy atom. The highest BCUT2D eigenvalue weighted by Crippen LogP contribution is 2.33. The number of aromatic nitrogens is 1. The molecule has 2 amide bonds. The van der Waals surface area contributed by atoms with Gasteiger partial charge in [-0.15, -0.1) is 0 Å². The van der Waals surface area contributed by atoms with Crippen molar-refractivity contribution in [3.05, 3.63) is 64.2 Å². The highest BCUT2D eigenvalue weighted by molar-refractivity contribution is 5.97. The molecular formula is C25H23FN4O5. The number of amides is 2. The first kappa shape index (κ1) is 21.6. The van der Waals surface area contributed by atoms with E-state index in [-0.39, 0.29) is 35.9 Å². The summed E-state index contributed by atoms with van der Waals surface area (Å²) < 4.78 is 27.1. The molecule has 2 aromatic carbocycles. The van der Waals surface area contributed by atoms with Crippen molar-refractivity contribution >= 4 is 34.3 Å². The van der Waals surface area contributed by atoms with Gasteiger partial charge in [0.1, 0.15) is 17.7 Å². The topological polar surface area (TPSA) is 102 Å². The molecule has 180 valence electrons. The molecule has 4 heterocycles. The minimum Gasteiger partial charge on any atom is -0.482 e. The average molecular weight is 478 g/mol. The molecule has 1 saturated heterocycles. The Kier molecular flexibility index (Phi) is 5.18. The van der Waals surface area contributed by atoms with Crippen LogP contribution in [0.25, 0.3) is 10.9 Å². The van der Waals surface area contributed by atoms with Gasteiger partial charge in [-0.25, -0.2) is 9.18 Å². The minimum atomic E-state index is -0.466. The third-order valence-corrected chi connectivity index (χ3v) is 6.72. The van der Waals surface area contributed by atoms with Gasteiger partial charge in [-0.1, -0.05) is 0 Å². The van der Waals surface area contributed by atoms with Crippen molar-refractivity contribution in [2.75, 3.05) is 36.5 Å². The van der Waals surface area contributed by atoms with Crippen molar-refractivity contribution < 1.29 is 23.5 Å². The Morgan fingerprint density at radius 1 is 1.06 bits per heavy atom. The number of carbonyl (C=O) groups is 2. The molecule has 0 bridgehead atoms. The lowest BCUT2D eigenvalue weighted by molar-refractivity contribution is -0.118. The van der Waals surface area contributed by atoms with E-state index in [2.05, 4.69) is 10.6 Å². The highest BCUT2D eigenvalue weighted by Gasteiger charge is 2.33. The van der Waals surface area contributed by atoms with Gasteiger partial charge < -0.3 is 24.7 Å². The number of fused-ring (bicyclic) bond motifs is 1. The SMILES string of the molecule is O=C1COc2ccc(N3C[C@@H](CNC[C@H]4Cc5c(F)ccc6ccc(=O)n(c56)C4)OC3=O)cc2N1. The second-order valence-electron chi connectivity index (χ2n) is 9.11. The van der Waals surface area contributed by atoms with Gasteiger partial charge in [0.05, 0.1) is 17.7 Å². The number of pyridine rings is 1. The number of hydrogen-bond donors (Lipinski definition) is 2. The van der Waals surface area contributed by atoms with Crippen molar-refractivity contribution in [2.24, 2.45) is 5.92 Å². The summed E-state index contributed by atoms with van der Waals surface area (Å²) in [4.78, 5) is 38.0. The van der Waals surface area contributed by atoms with Crippen molar-refractivity contribution in [3.63, 3.8) is 0 Å². The van der Waals surface area contributed by atoms with Gasteiger partial charge >= 0.3 is 6.09 Å². The third kappa shape index (κ3) is 3.89. The zero-order valence-corrected chi connectivity index (χ0v) is 18.8. The van der Waals surface area contributed by atoms with E-state index < -0.39 is 6.09 Å². The molecule has 0 spiro atoms. The number of nitrogens with one attached hydrogen (secondary N) is 2. The average Bonchev–Trinajstić information content (AvgIpc) is 3.22. The summed E-state index contributed by atoms with van der Waals surface area (Å²) in [5.74, 6) is 0.0394. The van der Waals surface area contributed by atoms with Crippen LogP contribution in [0.4, 0.5) is 20.6 Å². The molecule has 35 heavy (non-hydrogen) atoms. The summed E-state index contributed by atoms with van der Waals surface area (Å²) in [5.41, 5.74) is 2.24. The number of benzene rings is 2. The van der Waals surface area contributed by atoms with E-state index >= 15 is 0 Å². The quantitative estimate of drug-likeness (QED) is 0.584. The molecule has 1 aromatic heterocycles. The van der Waals surface area contributed by atoms with Crippen LogP contribution in [-0.2, 0) is 22.5 Å². The van der Waals surface area contributed by atoms with E-state index in [9.17, 15) is 18.8 Å². The molecule has 0 radical (unpaired) electrons. The van der Waals surface area contributed by atoms with Gasteiger partial charge in [-0.05, 0) is 54.1 Å². The van der Waals surface area contributed by atoms with Crippen LogP contribution in [0.2, 0.25) is 0 Å². The second kappa shape index (κ2) is 8.38. The molecule has 3 aromatic rings. The number of carbonyl (C=O) groups excluding carboxylic acids is 2. The number of rotatable bonds is 5. The lowest BCUT2D eigenvalue weighted by Crippen LogP contribution is -2.38. The summed E-state index contributed by atoms with van der Waals surface area (Å²) in [5, 5.41) is 6.92. The fraction of sp³-hybridized carbons (Fsp3) is 0.320. The van der Waals surface area contributed by atoms with Crippen LogP contribution in [-0.4, -0.2) is 48.9 Å². The second-order valence-corrected chi connectivity index (χ2v) is 9.11. The monoisotopic (exact) mass is 478 g/mol. The summed E-state index contributed by atoms with van der Waals surface area (Å²) in [6.45, 7) is 1.79. The Hall–Kier alpha value is -3.92. The van der Waals surface area contributed by atoms with E-state index in [1.165, 1.54) is 17.0 Å². The lowest BCUT2D eigenvalue weighted by Gasteiger charge is -2.27. The molecule has 3 aliphatic rings. The van der Waals surface area contributed by atoms with Crippen LogP contribution in [0.1, 0.15) is 5.56 Å². The maximum absolute atomic E-state index is 14.6. The molecule has 2 atom stereocenters. The fourth-order valence-electron chi connectivity index (χ4n) is 5.09. The van der Waals surface area contributed by atoms with Crippen molar-refractivity contribution in [2.45, 2.75) is 19.1 Å². The van der Waals surface area contributed by atoms with Crippen molar-refractivity contribution in [1.82, 2.24) is 9.88 Å². The minimum absolute atomic E-state index is 0.0279. The number of nitrogens with zero attached hydrogens (tertiary/aromatic N) is 2. The molecule has 0 saturated carbocycles. The number of cyclic esters (lactones) is 1. The Labute approximate surface area is 199 Å². The van der Waals surface area contributed by atoms with Gasteiger partial charge in [0.2, 0.25) is 0 Å². The van der Waals surface area contributed by atoms with Crippen LogP contribution in [0.3, 0.4) is 0 Å². The standard InChI is InChI=1S/C25H23FN4O5/c26-19-4-1-15-2-6-23(32)30-11-14(7-18(19)24(15)30)9-27-10-17-12-29(25(33)35-17)16-3-5-21-20(8-16)28-22(31)13-34-21/h1-6,8,14,17,27H,7,9-13H2,(H,28,31)/t14-,17-/m1/s1. The summed E-state index contributed by atoms with van der Waals surface area (Å²) in [7, 11) is 0. The number of anilines is 2. The van der Waals surface area contributed by atoms with E-state index in [1.54, 1.807) is 34.9 Å². The molecule has 6 rings (SSSR count). The summed E-state index contributed by atoms with van der Waals surface area (Å²) >= 11 is 0. The fourth-order valence-corrected chi connectivity index (χ4v) is 5.09. The van der Waals surface area contributed by atoms with Crippen LogP contribution < -0.4 is 25.8 Å². The normalized spacial score (nSPS) is 20.9. The largest absolute Gasteiger partial charge is 0.482 e. The van der Waals surface area contributed by atoms with Crippen molar-refractivity contribution in [3.8, 4) is 5.75 Å². The van der Waals surface area contributed by atoms with E-state index in [4.69, 9.17) is 9.47 Å². The predicted molar refractivity (Wildman–Crippen MR) is 126 cm³/mol. The zero-order chi connectivity index (χ0) is 24.1. The van der Waals surface area contributed by atoms with E-state index in [1.807, 2.05) is 0 Å². The molecule has 0 aliphatic carbocycles. The van der Waals surface area contributed by atoms with Crippen LogP contribution in [0, 0.1) is 11.7 Å². The lowest BCUT2D eigenvalue weighted by atomic mass is 9.92. The molecule has 2 N–H and O–H groups in total. The zero-order valence-electron chi connectivity index (χ0n) is 18.8. The van der Waals surface area contributed by atoms with E-state index in [0.29, 0.717) is 60.8 Å². The van der Waals surface area contributed by atoms with Gasteiger partial charge in [0.15, 0.2) is 6.61 Å². The van der Waals surface area contributed by atoms with Crippen molar-refractivity contribution in [1.29, 1.82) is 0 Å². The molecule has 1 fully saturated rings. The van der Waals surface area contributed by atoms with Gasteiger partial charge in [0.25, 0.3) is 11.5 Å². The number of ether oxygens (including phenoxy) is 2. The third-order valence-electron chi connectivity index (χ3n) is 6.72. The summed E-state index contributed by atoms with van der Waals surface area (Å²) in [6.07, 6.45) is -0.311. The molecule has 3 aliphatic heterocycles. The van der Waals surface area contributed by atoms with Crippen LogP contribution in [0.15, 0.2) is 47.3 Å². The smallest absolute Gasteiger partial charge is 0.414 e. The molecule has 9 nitrogen and oxygen atoms in total. The van der Waals surface area contributed by atoms with Crippen LogP contribution in [0.5, 0.6) is 5.75 Å². The highest BCUT2D eigenvalue weighted by atomic mass is 19.1. The first-order chi connectivity index (χ1) is 17.0. The Morgan fingerprint density at radius 3 is 2.80 bits per heavy atom. The molecular weight excluding hydrogens is 455 g/mol. The maximum Gasteiger partial charge on any atom is 0.414 e. The molecule has 0 unspecified atom stereocenters. The summed E-state index contributed by atoms with van der Waals surface area (Å²) in [6, 6.07) is 11.6. The van der Waals surface area contributed by atoms with Crippen LogP contribution >= 0.6 is 0 Å². The maximum atomic E-state index is 14.6. The first-order valence-corrected chi connectivity index (χ1v) is 11.5. The first-order valence-electron chi connectivity index (χ1n) is 11.5.